The van der Waals surface area contributed by atoms with Gasteiger partial charge in [0.05, 0.1) is 12.1 Å². The summed E-state index contributed by atoms with van der Waals surface area (Å²) in [5, 5.41) is 12.6. The molecule has 0 aliphatic rings. The Hall–Kier alpha value is -2.44. The second kappa shape index (κ2) is 4.20. The van der Waals surface area contributed by atoms with Gasteiger partial charge in [0.2, 0.25) is 0 Å². The van der Waals surface area contributed by atoms with Crippen molar-refractivity contribution in [2.75, 3.05) is 0 Å². The number of nitrogens with zero attached hydrogens (tertiary/aromatic N) is 4. The molecular formula is C10H10N4O3. The van der Waals surface area contributed by atoms with E-state index in [-0.39, 0.29) is 17.7 Å². The molecule has 0 saturated carbocycles. The van der Waals surface area contributed by atoms with Gasteiger partial charge in [-0.1, -0.05) is 0 Å². The monoisotopic (exact) mass is 234 g/mol. The lowest BCUT2D eigenvalue weighted by Gasteiger charge is -2.04. The second-order valence-corrected chi connectivity index (χ2v) is 3.49. The third-order valence-electron chi connectivity index (χ3n) is 2.36. The summed E-state index contributed by atoms with van der Waals surface area (Å²) >= 11 is 0. The van der Waals surface area contributed by atoms with Gasteiger partial charge in [-0.15, -0.1) is 0 Å². The first-order valence-electron chi connectivity index (χ1n) is 4.84. The van der Waals surface area contributed by atoms with E-state index in [1.807, 2.05) is 0 Å². The molecular weight excluding hydrogens is 224 g/mol. The largest absolute Gasteiger partial charge is 0.478 e. The van der Waals surface area contributed by atoms with Crippen LogP contribution in [0.15, 0.2) is 29.5 Å². The van der Waals surface area contributed by atoms with E-state index in [1.165, 1.54) is 23.2 Å². The maximum Gasteiger partial charge on any atom is 0.335 e. The highest BCUT2D eigenvalue weighted by molar-refractivity contribution is 5.87. The number of aromatic carboxylic acids is 1. The molecule has 0 unspecified atom stereocenters. The normalized spacial score (nSPS) is 10.4. The molecule has 17 heavy (non-hydrogen) atoms. The standard InChI is InChI=1S/C10H10N4O3/c1-13-8(11-6-12-13)5-14-3-2-7(10(16)17)4-9(14)15/h2-4,6H,5H2,1H3,(H,16,17). The first kappa shape index (κ1) is 11.1. The van der Waals surface area contributed by atoms with Gasteiger partial charge < -0.3 is 9.67 Å². The highest BCUT2D eigenvalue weighted by atomic mass is 16.4. The van der Waals surface area contributed by atoms with Crippen molar-refractivity contribution in [3.8, 4) is 0 Å². The smallest absolute Gasteiger partial charge is 0.335 e. The van der Waals surface area contributed by atoms with Gasteiger partial charge in [-0.05, 0) is 6.07 Å². The number of hydrogen-bond acceptors (Lipinski definition) is 4. The summed E-state index contributed by atoms with van der Waals surface area (Å²) in [6.07, 6.45) is 2.83. The molecule has 2 aromatic rings. The molecule has 0 radical (unpaired) electrons. The summed E-state index contributed by atoms with van der Waals surface area (Å²) in [5.41, 5.74) is -0.405. The Morgan fingerprint density at radius 1 is 1.53 bits per heavy atom. The number of aryl methyl sites for hydroxylation is 1. The average molecular weight is 234 g/mol. The van der Waals surface area contributed by atoms with Crippen molar-refractivity contribution in [2.45, 2.75) is 6.54 Å². The van der Waals surface area contributed by atoms with Crippen LogP contribution in [0, 0.1) is 0 Å². The van der Waals surface area contributed by atoms with Crippen LogP contribution in [0.25, 0.3) is 0 Å². The van der Waals surface area contributed by atoms with Crippen LogP contribution >= 0.6 is 0 Å². The van der Waals surface area contributed by atoms with Gasteiger partial charge in [0.15, 0.2) is 0 Å². The number of hydrogen-bond donors (Lipinski definition) is 1. The van der Waals surface area contributed by atoms with Crippen LogP contribution in [0.5, 0.6) is 0 Å². The summed E-state index contributed by atoms with van der Waals surface area (Å²) < 4.78 is 2.92. The SMILES string of the molecule is Cn1ncnc1Cn1ccc(C(=O)O)cc1=O. The lowest BCUT2D eigenvalue weighted by molar-refractivity contribution is 0.0696. The number of carboxylic acids is 1. The Morgan fingerprint density at radius 3 is 2.82 bits per heavy atom. The van der Waals surface area contributed by atoms with E-state index in [2.05, 4.69) is 10.1 Å². The molecule has 0 amide bonds. The molecule has 0 bridgehead atoms. The van der Waals surface area contributed by atoms with Crippen LogP contribution in [0.2, 0.25) is 0 Å². The first-order valence-corrected chi connectivity index (χ1v) is 4.84. The zero-order valence-electron chi connectivity index (χ0n) is 9.07. The van der Waals surface area contributed by atoms with Gasteiger partial charge in [0.1, 0.15) is 12.2 Å². The van der Waals surface area contributed by atoms with Gasteiger partial charge in [-0.2, -0.15) is 5.10 Å². The summed E-state index contributed by atoms with van der Waals surface area (Å²) in [4.78, 5) is 26.3. The first-order chi connectivity index (χ1) is 8.08. The zero-order chi connectivity index (χ0) is 12.4. The zero-order valence-corrected chi connectivity index (χ0v) is 9.07. The molecule has 2 rings (SSSR count). The molecule has 88 valence electrons. The molecule has 0 aliphatic heterocycles. The predicted octanol–water partition coefficient (Wildman–Crippen LogP) is -0.277. The third kappa shape index (κ3) is 2.22. The Morgan fingerprint density at radius 2 is 2.29 bits per heavy atom. The minimum Gasteiger partial charge on any atom is -0.478 e. The van der Waals surface area contributed by atoms with Crippen LogP contribution in [0.4, 0.5) is 0 Å². The van der Waals surface area contributed by atoms with Gasteiger partial charge in [-0.3, -0.25) is 9.48 Å². The van der Waals surface area contributed by atoms with Crippen molar-refractivity contribution < 1.29 is 9.90 Å². The van der Waals surface area contributed by atoms with Gasteiger partial charge in [0.25, 0.3) is 5.56 Å². The fraction of sp³-hybridized carbons (Fsp3) is 0.200. The summed E-state index contributed by atoms with van der Waals surface area (Å²) in [6.45, 7) is 0.259. The molecule has 1 N–H and O–H groups in total. The Balaban J connectivity index is 2.32. The van der Waals surface area contributed by atoms with E-state index in [4.69, 9.17) is 5.11 Å². The predicted molar refractivity (Wildman–Crippen MR) is 57.8 cm³/mol. The molecule has 0 aliphatic carbocycles. The Labute approximate surface area is 96.0 Å². The van der Waals surface area contributed by atoms with Gasteiger partial charge >= 0.3 is 5.97 Å². The van der Waals surface area contributed by atoms with Crippen LogP contribution in [-0.4, -0.2) is 30.4 Å². The molecule has 7 nitrogen and oxygen atoms in total. The van der Waals surface area contributed by atoms with Crippen molar-refractivity contribution in [3.05, 3.63) is 46.4 Å². The number of aromatic nitrogens is 4. The van der Waals surface area contributed by atoms with E-state index in [0.717, 1.165) is 6.07 Å². The highest BCUT2D eigenvalue weighted by Crippen LogP contribution is 1.98. The molecule has 0 fully saturated rings. The van der Waals surface area contributed by atoms with Crippen molar-refractivity contribution in [1.82, 2.24) is 19.3 Å². The van der Waals surface area contributed by atoms with Crippen molar-refractivity contribution in [2.24, 2.45) is 7.05 Å². The highest BCUT2D eigenvalue weighted by Gasteiger charge is 2.07. The minimum absolute atomic E-state index is 0.0239. The number of carboxylic acid groups (broad SMARTS) is 1. The fourth-order valence-electron chi connectivity index (χ4n) is 1.39. The Bertz CT molecular complexity index is 614. The third-order valence-corrected chi connectivity index (χ3v) is 2.36. The summed E-state index contributed by atoms with van der Waals surface area (Å²) in [7, 11) is 1.72. The molecule has 2 aromatic heterocycles. The van der Waals surface area contributed by atoms with E-state index >= 15 is 0 Å². The molecule has 0 aromatic carbocycles. The Kier molecular flexibility index (Phi) is 2.73. The molecule has 0 atom stereocenters. The molecule has 0 spiro atoms. The maximum absolute atomic E-state index is 11.6. The van der Waals surface area contributed by atoms with E-state index in [1.54, 1.807) is 11.7 Å². The van der Waals surface area contributed by atoms with Gasteiger partial charge in [-0.25, -0.2) is 9.78 Å². The summed E-state index contributed by atoms with van der Waals surface area (Å²) in [5.74, 6) is -0.497. The lowest BCUT2D eigenvalue weighted by Crippen LogP contribution is -2.22. The number of pyridine rings is 1. The number of carbonyl (C=O) groups is 1. The van der Waals surface area contributed by atoms with E-state index in [9.17, 15) is 9.59 Å². The van der Waals surface area contributed by atoms with E-state index in [0.29, 0.717) is 5.82 Å². The van der Waals surface area contributed by atoms with Crippen molar-refractivity contribution >= 4 is 5.97 Å². The molecule has 0 saturated heterocycles. The van der Waals surface area contributed by atoms with Crippen LogP contribution in [0.1, 0.15) is 16.2 Å². The van der Waals surface area contributed by atoms with Crippen LogP contribution < -0.4 is 5.56 Å². The summed E-state index contributed by atoms with van der Waals surface area (Å²) in [6, 6.07) is 2.46. The van der Waals surface area contributed by atoms with Crippen LogP contribution in [-0.2, 0) is 13.6 Å². The van der Waals surface area contributed by atoms with Crippen LogP contribution in [0.3, 0.4) is 0 Å². The van der Waals surface area contributed by atoms with Crippen molar-refractivity contribution in [1.29, 1.82) is 0 Å². The topological polar surface area (TPSA) is 90.0 Å². The fourth-order valence-corrected chi connectivity index (χ4v) is 1.39. The maximum atomic E-state index is 11.6. The van der Waals surface area contributed by atoms with E-state index < -0.39 is 5.97 Å². The lowest BCUT2D eigenvalue weighted by atomic mass is 10.3. The quantitative estimate of drug-likeness (QED) is 0.789. The minimum atomic E-state index is -1.12. The number of rotatable bonds is 3. The molecule has 7 heteroatoms. The average Bonchev–Trinajstić information content (AvgIpc) is 2.67. The molecule has 2 heterocycles. The van der Waals surface area contributed by atoms with Gasteiger partial charge in [0, 0.05) is 19.3 Å². The van der Waals surface area contributed by atoms with Crippen molar-refractivity contribution in [3.63, 3.8) is 0 Å². The second-order valence-electron chi connectivity index (χ2n) is 3.49.